The van der Waals surface area contributed by atoms with Gasteiger partial charge in [-0.2, -0.15) is 13.2 Å². The van der Waals surface area contributed by atoms with E-state index in [-0.39, 0.29) is 12.8 Å². The van der Waals surface area contributed by atoms with E-state index in [4.69, 9.17) is 11.6 Å². The second-order valence-corrected chi connectivity index (χ2v) is 5.01. The number of aromatic nitrogens is 2. The van der Waals surface area contributed by atoms with Crippen molar-refractivity contribution in [1.82, 2.24) is 9.97 Å². The van der Waals surface area contributed by atoms with Crippen LogP contribution in [0.4, 0.5) is 19.0 Å². The Morgan fingerprint density at radius 1 is 1.32 bits per heavy atom. The average Bonchev–Trinajstić information content (AvgIpc) is 2.37. The summed E-state index contributed by atoms with van der Waals surface area (Å²) >= 11 is 5.89. The zero-order valence-electron chi connectivity index (χ0n) is 10.5. The first-order valence-corrected chi connectivity index (χ1v) is 6.63. The average molecular weight is 294 g/mol. The summed E-state index contributed by atoms with van der Waals surface area (Å²) in [6.45, 7) is 2.60. The molecule has 19 heavy (non-hydrogen) atoms. The number of nitrogens with zero attached hydrogens (tertiary/aromatic N) is 3. The highest BCUT2D eigenvalue weighted by Gasteiger charge is 2.41. The summed E-state index contributed by atoms with van der Waals surface area (Å²) in [5.74, 6) is 0.0321. The fraction of sp³-hybridized carbons (Fsp3) is 0.667. The number of rotatable bonds is 2. The predicted molar refractivity (Wildman–Crippen MR) is 67.4 cm³/mol. The van der Waals surface area contributed by atoms with Gasteiger partial charge in [-0.3, -0.25) is 0 Å². The van der Waals surface area contributed by atoms with Crippen LogP contribution in [0.5, 0.6) is 0 Å². The van der Waals surface area contributed by atoms with Crippen LogP contribution in [0.2, 0.25) is 5.15 Å². The van der Waals surface area contributed by atoms with Crippen LogP contribution < -0.4 is 4.90 Å². The molecule has 1 aromatic heterocycles. The molecule has 0 amide bonds. The Balaban J connectivity index is 2.07. The highest BCUT2D eigenvalue weighted by molar-refractivity contribution is 6.29. The number of hydrogen-bond acceptors (Lipinski definition) is 3. The van der Waals surface area contributed by atoms with Crippen molar-refractivity contribution in [1.29, 1.82) is 0 Å². The Labute approximate surface area is 114 Å². The molecule has 0 unspecified atom stereocenters. The molecule has 0 aliphatic carbocycles. The maximum atomic E-state index is 12.6. The molecule has 106 valence electrons. The van der Waals surface area contributed by atoms with Gasteiger partial charge in [0.05, 0.1) is 5.92 Å². The third-order valence-electron chi connectivity index (χ3n) is 3.33. The predicted octanol–water partition coefficient (Wildman–Crippen LogP) is 3.47. The summed E-state index contributed by atoms with van der Waals surface area (Å²) in [5, 5.41) is 0.333. The molecule has 3 nitrogen and oxygen atoms in total. The molecule has 7 heteroatoms. The lowest BCUT2D eigenvalue weighted by Gasteiger charge is -2.33. The SMILES string of the molecule is CCc1nc(Cl)cc(N2CCC(C(F)(F)F)CC2)n1. The second kappa shape index (κ2) is 5.53. The van der Waals surface area contributed by atoms with E-state index in [2.05, 4.69) is 9.97 Å². The van der Waals surface area contributed by atoms with Crippen LogP contribution in [0.15, 0.2) is 6.07 Å². The first-order chi connectivity index (χ1) is 8.90. The van der Waals surface area contributed by atoms with E-state index in [1.807, 2.05) is 11.8 Å². The number of piperidine rings is 1. The van der Waals surface area contributed by atoms with Crippen molar-refractivity contribution in [3.63, 3.8) is 0 Å². The van der Waals surface area contributed by atoms with Crippen LogP contribution in [0.1, 0.15) is 25.6 Å². The molecular formula is C12H15ClF3N3. The van der Waals surface area contributed by atoms with Crippen molar-refractivity contribution in [2.24, 2.45) is 5.92 Å². The molecule has 1 aromatic rings. The van der Waals surface area contributed by atoms with Crippen molar-refractivity contribution < 1.29 is 13.2 Å². The molecule has 1 fully saturated rings. The molecule has 0 spiro atoms. The molecule has 1 aliphatic rings. The van der Waals surface area contributed by atoms with Gasteiger partial charge in [-0.25, -0.2) is 9.97 Å². The molecular weight excluding hydrogens is 279 g/mol. The molecule has 2 heterocycles. The Bertz CT molecular complexity index is 442. The van der Waals surface area contributed by atoms with Crippen LogP contribution in [0, 0.1) is 5.92 Å². The normalized spacial score (nSPS) is 17.8. The summed E-state index contributed by atoms with van der Waals surface area (Å²) in [7, 11) is 0. The zero-order valence-corrected chi connectivity index (χ0v) is 11.3. The summed E-state index contributed by atoms with van der Waals surface area (Å²) in [4.78, 5) is 10.2. The molecule has 0 aromatic carbocycles. The largest absolute Gasteiger partial charge is 0.391 e. The first kappa shape index (κ1) is 14.4. The Hall–Kier alpha value is -1.04. The minimum absolute atomic E-state index is 0.104. The van der Waals surface area contributed by atoms with E-state index in [1.165, 1.54) is 0 Å². The summed E-state index contributed by atoms with van der Waals surface area (Å²) in [6, 6.07) is 1.61. The zero-order chi connectivity index (χ0) is 14.0. The molecule has 1 aliphatic heterocycles. The van der Waals surface area contributed by atoms with Gasteiger partial charge >= 0.3 is 6.18 Å². The van der Waals surface area contributed by atoms with Crippen molar-refractivity contribution in [3.8, 4) is 0 Å². The van der Waals surface area contributed by atoms with Gasteiger partial charge in [-0.1, -0.05) is 18.5 Å². The Kier molecular flexibility index (Phi) is 4.18. The molecule has 2 rings (SSSR count). The van der Waals surface area contributed by atoms with E-state index >= 15 is 0 Å². The highest BCUT2D eigenvalue weighted by Crippen LogP contribution is 2.35. The number of hydrogen-bond donors (Lipinski definition) is 0. The Morgan fingerprint density at radius 3 is 2.47 bits per heavy atom. The topological polar surface area (TPSA) is 29.0 Å². The van der Waals surface area contributed by atoms with Gasteiger partial charge in [0.15, 0.2) is 0 Å². The van der Waals surface area contributed by atoms with Gasteiger partial charge < -0.3 is 4.90 Å². The summed E-state index contributed by atoms with van der Waals surface area (Å²) in [5.41, 5.74) is 0. The van der Waals surface area contributed by atoms with E-state index in [0.29, 0.717) is 36.3 Å². The first-order valence-electron chi connectivity index (χ1n) is 6.25. The lowest BCUT2D eigenvalue weighted by Crippen LogP contribution is -2.39. The van der Waals surface area contributed by atoms with Crippen LogP contribution in [0.25, 0.3) is 0 Å². The van der Waals surface area contributed by atoms with Crippen molar-refractivity contribution in [2.45, 2.75) is 32.4 Å². The van der Waals surface area contributed by atoms with E-state index in [1.54, 1.807) is 6.07 Å². The lowest BCUT2D eigenvalue weighted by molar-refractivity contribution is -0.179. The van der Waals surface area contributed by atoms with Gasteiger partial charge in [-0.05, 0) is 12.8 Å². The molecule has 1 saturated heterocycles. The number of anilines is 1. The van der Waals surface area contributed by atoms with E-state index in [9.17, 15) is 13.2 Å². The van der Waals surface area contributed by atoms with Crippen molar-refractivity contribution in [3.05, 3.63) is 17.0 Å². The fourth-order valence-electron chi connectivity index (χ4n) is 2.21. The maximum Gasteiger partial charge on any atom is 0.391 e. The highest BCUT2D eigenvalue weighted by atomic mass is 35.5. The smallest absolute Gasteiger partial charge is 0.356 e. The number of alkyl halides is 3. The van der Waals surface area contributed by atoms with Crippen LogP contribution in [-0.4, -0.2) is 29.2 Å². The standard InChI is InChI=1S/C12H15ClF3N3/c1-2-10-17-9(13)7-11(18-10)19-5-3-8(4-6-19)12(14,15)16/h7-8H,2-6H2,1H3. The van der Waals surface area contributed by atoms with Gasteiger partial charge in [-0.15, -0.1) is 0 Å². The maximum absolute atomic E-state index is 12.6. The van der Waals surface area contributed by atoms with Crippen molar-refractivity contribution in [2.75, 3.05) is 18.0 Å². The third-order valence-corrected chi connectivity index (χ3v) is 3.52. The molecule has 0 atom stereocenters. The Morgan fingerprint density at radius 2 is 1.95 bits per heavy atom. The molecule has 0 radical (unpaired) electrons. The van der Waals surface area contributed by atoms with Crippen molar-refractivity contribution >= 4 is 17.4 Å². The fourth-order valence-corrected chi connectivity index (χ4v) is 2.40. The van der Waals surface area contributed by atoms with Gasteiger partial charge in [0.1, 0.15) is 16.8 Å². The second-order valence-electron chi connectivity index (χ2n) is 4.62. The summed E-state index contributed by atoms with van der Waals surface area (Å²) < 4.78 is 37.8. The molecule has 0 saturated carbocycles. The van der Waals surface area contributed by atoms with Crippen LogP contribution in [0.3, 0.4) is 0 Å². The number of halogens is 4. The van der Waals surface area contributed by atoms with Crippen LogP contribution in [-0.2, 0) is 6.42 Å². The van der Waals surface area contributed by atoms with E-state index in [0.717, 1.165) is 0 Å². The van der Waals surface area contributed by atoms with Crippen LogP contribution >= 0.6 is 11.6 Å². The van der Waals surface area contributed by atoms with Gasteiger partial charge in [0, 0.05) is 25.6 Å². The summed E-state index contributed by atoms with van der Waals surface area (Å²) in [6.07, 6.45) is -3.24. The molecule has 0 N–H and O–H groups in total. The monoisotopic (exact) mass is 293 g/mol. The van der Waals surface area contributed by atoms with Gasteiger partial charge in [0.25, 0.3) is 0 Å². The van der Waals surface area contributed by atoms with Gasteiger partial charge in [0.2, 0.25) is 0 Å². The number of aryl methyl sites for hydroxylation is 1. The minimum atomic E-state index is -4.09. The minimum Gasteiger partial charge on any atom is -0.356 e. The quantitative estimate of drug-likeness (QED) is 0.782. The third kappa shape index (κ3) is 3.49. The lowest BCUT2D eigenvalue weighted by atomic mass is 9.96. The molecule has 0 bridgehead atoms. The van der Waals surface area contributed by atoms with E-state index < -0.39 is 12.1 Å².